The number of methoxy groups -OCH3 is 1. The number of nitrogen functional groups attached to an aromatic ring is 1. The molecule has 0 amide bonds. The van der Waals surface area contributed by atoms with Gasteiger partial charge >= 0.3 is 0 Å². The summed E-state index contributed by atoms with van der Waals surface area (Å²) < 4.78 is 16.8. The summed E-state index contributed by atoms with van der Waals surface area (Å²) in [5.74, 6) is 2.35. The zero-order valence-corrected chi connectivity index (χ0v) is 16.9. The minimum Gasteiger partial charge on any atom is -0.493 e. The quantitative estimate of drug-likeness (QED) is 0.705. The van der Waals surface area contributed by atoms with E-state index in [1.165, 1.54) is 0 Å². The van der Waals surface area contributed by atoms with Crippen molar-refractivity contribution in [2.45, 2.75) is 20.0 Å². The van der Waals surface area contributed by atoms with Gasteiger partial charge in [-0.15, -0.1) is 0 Å². The molecule has 4 rings (SSSR count). The van der Waals surface area contributed by atoms with Gasteiger partial charge in [0.25, 0.3) is 0 Å². The smallest absolute Gasteiger partial charge is 0.222 e. The minimum absolute atomic E-state index is 0.0623. The maximum Gasteiger partial charge on any atom is 0.222 e. The van der Waals surface area contributed by atoms with E-state index in [1.807, 2.05) is 44.2 Å². The summed E-state index contributed by atoms with van der Waals surface area (Å²) in [7, 11) is 1.63. The highest BCUT2D eigenvalue weighted by atomic mass is 16.5. The largest absolute Gasteiger partial charge is 0.493 e. The third kappa shape index (κ3) is 4.02. The fraction of sp³-hybridized carbons (Fsp3) is 0.381. The number of pyridine rings is 1. The molecule has 1 aliphatic rings. The number of fused-ring (bicyclic) bond motifs is 1. The molecule has 0 radical (unpaired) electrons. The second-order valence-electron chi connectivity index (χ2n) is 7.10. The molecule has 0 aliphatic carbocycles. The van der Waals surface area contributed by atoms with E-state index in [-0.39, 0.29) is 12.1 Å². The Morgan fingerprint density at radius 2 is 1.83 bits per heavy atom. The Hall–Kier alpha value is -3.13. The summed E-state index contributed by atoms with van der Waals surface area (Å²) >= 11 is 0. The van der Waals surface area contributed by atoms with Crippen LogP contribution in [-0.4, -0.2) is 54.5 Å². The first-order valence-electron chi connectivity index (χ1n) is 9.67. The number of ether oxygens (including phenoxy) is 3. The molecule has 152 valence electrons. The first kappa shape index (κ1) is 19.2. The Balaban J connectivity index is 1.78. The Bertz CT molecular complexity index is 1020. The fourth-order valence-corrected chi connectivity index (χ4v) is 3.35. The van der Waals surface area contributed by atoms with Crippen LogP contribution in [0.25, 0.3) is 22.3 Å². The van der Waals surface area contributed by atoms with E-state index in [9.17, 15) is 0 Å². The van der Waals surface area contributed by atoms with Crippen molar-refractivity contribution in [3.8, 4) is 22.8 Å². The zero-order chi connectivity index (χ0) is 20.4. The molecule has 2 aromatic heterocycles. The number of hydrogen-bond donors (Lipinski definition) is 1. The highest BCUT2D eigenvalue weighted by Gasteiger charge is 2.19. The summed E-state index contributed by atoms with van der Waals surface area (Å²) in [6.45, 7) is 6.76. The molecule has 8 heteroatoms. The first-order chi connectivity index (χ1) is 14.0. The lowest BCUT2D eigenvalue weighted by Gasteiger charge is -2.28. The average molecular weight is 395 g/mol. The Morgan fingerprint density at radius 1 is 1.03 bits per heavy atom. The van der Waals surface area contributed by atoms with Gasteiger partial charge in [-0.1, -0.05) is 0 Å². The topological polar surface area (TPSA) is 95.6 Å². The highest BCUT2D eigenvalue weighted by molar-refractivity contribution is 5.88. The molecule has 1 aliphatic heterocycles. The standard InChI is InChI=1S/C21H25N5O3/c1-13(2)29-17-7-4-14(12-18(17)27-3)15-5-6-16-19(23-15)20(25-21(22)24-16)26-8-10-28-11-9-26/h4-7,12-13H,8-11H2,1-3H3,(H2,22,24,25). The second kappa shape index (κ2) is 8.08. The number of nitrogens with two attached hydrogens (primary N) is 1. The number of anilines is 2. The van der Waals surface area contributed by atoms with Gasteiger partial charge in [0.2, 0.25) is 5.95 Å². The van der Waals surface area contributed by atoms with E-state index in [4.69, 9.17) is 24.9 Å². The molecule has 3 heterocycles. The van der Waals surface area contributed by atoms with Crippen LogP contribution in [0.1, 0.15) is 13.8 Å². The van der Waals surface area contributed by atoms with Gasteiger partial charge in [0.1, 0.15) is 5.52 Å². The van der Waals surface area contributed by atoms with Gasteiger partial charge in [0.05, 0.1) is 37.6 Å². The molecule has 0 bridgehead atoms. The van der Waals surface area contributed by atoms with E-state index < -0.39 is 0 Å². The molecule has 8 nitrogen and oxygen atoms in total. The van der Waals surface area contributed by atoms with E-state index in [2.05, 4.69) is 14.9 Å². The first-order valence-corrected chi connectivity index (χ1v) is 9.67. The normalized spacial score (nSPS) is 14.4. The van der Waals surface area contributed by atoms with E-state index in [0.29, 0.717) is 24.7 Å². The highest BCUT2D eigenvalue weighted by Crippen LogP contribution is 2.34. The van der Waals surface area contributed by atoms with E-state index >= 15 is 0 Å². The third-order valence-corrected chi connectivity index (χ3v) is 4.67. The van der Waals surface area contributed by atoms with Crippen molar-refractivity contribution >= 4 is 22.8 Å². The van der Waals surface area contributed by atoms with Gasteiger partial charge in [0, 0.05) is 18.7 Å². The van der Waals surface area contributed by atoms with Gasteiger partial charge in [-0.25, -0.2) is 9.97 Å². The van der Waals surface area contributed by atoms with Crippen molar-refractivity contribution < 1.29 is 14.2 Å². The van der Waals surface area contributed by atoms with Crippen LogP contribution in [0.15, 0.2) is 30.3 Å². The van der Waals surface area contributed by atoms with Crippen LogP contribution in [0.4, 0.5) is 11.8 Å². The lowest BCUT2D eigenvalue weighted by molar-refractivity contribution is 0.122. The molecule has 1 saturated heterocycles. The van der Waals surface area contributed by atoms with Crippen LogP contribution in [0, 0.1) is 0 Å². The summed E-state index contributed by atoms with van der Waals surface area (Å²) in [6, 6.07) is 9.65. The summed E-state index contributed by atoms with van der Waals surface area (Å²) in [5, 5.41) is 0. The molecule has 29 heavy (non-hydrogen) atoms. The fourth-order valence-electron chi connectivity index (χ4n) is 3.35. The molecule has 1 aromatic carbocycles. The van der Waals surface area contributed by atoms with E-state index in [0.717, 1.165) is 41.2 Å². The molecule has 0 spiro atoms. The van der Waals surface area contributed by atoms with Crippen molar-refractivity contribution in [3.63, 3.8) is 0 Å². The molecular formula is C21H25N5O3. The SMILES string of the molecule is COc1cc(-c2ccc3nc(N)nc(N4CCOCC4)c3n2)ccc1OC(C)C. The van der Waals surface area contributed by atoms with E-state index in [1.54, 1.807) is 7.11 Å². The van der Waals surface area contributed by atoms with Crippen molar-refractivity contribution in [2.75, 3.05) is 44.0 Å². The number of morpholine rings is 1. The predicted molar refractivity (Wildman–Crippen MR) is 113 cm³/mol. The monoisotopic (exact) mass is 395 g/mol. The van der Waals surface area contributed by atoms with Gasteiger partial charge in [-0.3, -0.25) is 0 Å². The number of hydrogen-bond acceptors (Lipinski definition) is 8. The number of benzene rings is 1. The molecule has 0 atom stereocenters. The van der Waals surface area contributed by atoms with Crippen molar-refractivity contribution in [1.82, 2.24) is 15.0 Å². The molecule has 0 unspecified atom stereocenters. The van der Waals surface area contributed by atoms with Crippen molar-refractivity contribution in [1.29, 1.82) is 0 Å². The summed E-state index contributed by atoms with van der Waals surface area (Å²) in [5.41, 5.74) is 9.10. The average Bonchev–Trinajstić information content (AvgIpc) is 2.73. The van der Waals surface area contributed by atoms with Crippen LogP contribution in [0.3, 0.4) is 0 Å². The lowest BCUT2D eigenvalue weighted by Crippen LogP contribution is -2.37. The molecule has 3 aromatic rings. The second-order valence-corrected chi connectivity index (χ2v) is 7.10. The summed E-state index contributed by atoms with van der Waals surface area (Å²) in [4.78, 5) is 15.8. The van der Waals surface area contributed by atoms with Gasteiger partial charge in [0.15, 0.2) is 17.3 Å². The van der Waals surface area contributed by atoms with Crippen LogP contribution >= 0.6 is 0 Å². The van der Waals surface area contributed by atoms with Crippen LogP contribution in [0.2, 0.25) is 0 Å². The number of nitrogens with zero attached hydrogens (tertiary/aromatic N) is 4. The maximum atomic E-state index is 5.94. The molecule has 0 saturated carbocycles. The van der Waals surface area contributed by atoms with Crippen LogP contribution in [-0.2, 0) is 4.74 Å². The summed E-state index contributed by atoms with van der Waals surface area (Å²) in [6.07, 6.45) is 0.0623. The third-order valence-electron chi connectivity index (χ3n) is 4.67. The van der Waals surface area contributed by atoms with Crippen LogP contribution < -0.4 is 20.1 Å². The lowest BCUT2D eigenvalue weighted by atomic mass is 10.1. The van der Waals surface area contributed by atoms with Crippen LogP contribution in [0.5, 0.6) is 11.5 Å². The van der Waals surface area contributed by atoms with Gasteiger partial charge in [-0.05, 0) is 44.2 Å². The van der Waals surface area contributed by atoms with Gasteiger partial charge in [-0.2, -0.15) is 4.98 Å². The van der Waals surface area contributed by atoms with Crippen molar-refractivity contribution in [2.24, 2.45) is 0 Å². The Kier molecular flexibility index (Phi) is 5.35. The van der Waals surface area contributed by atoms with Gasteiger partial charge < -0.3 is 24.8 Å². The van der Waals surface area contributed by atoms with Crippen molar-refractivity contribution in [3.05, 3.63) is 30.3 Å². The maximum absolute atomic E-state index is 5.94. The number of rotatable bonds is 5. The molecular weight excluding hydrogens is 370 g/mol. The minimum atomic E-state index is 0.0623. The Labute approximate surface area is 169 Å². The zero-order valence-electron chi connectivity index (χ0n) is 16.9. The predicted octanol–water partition coefficient (Wildman–Crippen LogP) is 2.91. The molecule has 1 fully saturated rings. The Morgan fingerprint density at radius 3 is 2.55 bits per heavy atom. The molecule has 2 N–H and O–H groups in total. The number of aromatic nitrogens is 3.